The molecular formula is C22H21NO2S. The number of amides is 1. The van der Waals surface area contributed by atoms with Crippen molar-refractivity contribution in [1.29, 1.82) is 0 Å². The molecule has 0 fully saturated rings. The van der Waals surface area contributed by atoms with Gasteiger partial charge in [0.05, 0.1) is 6.04 Å². The van der Waals surface area contributed by atoms with E-state index in [4.69, 9.17) is 4.42 Å². The molecule has 1 aromatic heterocycles. The van der Waals surface area contributed by atoms with Crippen LogP contribution in [0, 0.1) is 0 Å². The van der Waals surface area contributed by atoms with E-state index in [1.54, 1.807) is 0 Å². The van der Waals surface area contributed by atoms with Crippen LogP contribution in [0.15, 0.2) is 76.0 Å². The van der Waals surface area contributed by atoms with Crippen LogP contribution in [-0.2, 0) is 11.2 Å². The number of hydrogen-bond donors (Lipinski definition) is 1. The van der Waals surface area contributed by atoms with E-state index < -0.39 is 0 Å². The largest absolute Gasteiger partial charge is 0.461 e. The molecule has 3 nitrogen and oxygen atoms in total. The Morgan fingerprint density at radius 2 is 1.85 bits per heavy atom. The molecule has 1 aliphatic heterocycles. The first-order valence-electron chi connectivity index (χ1n) is 8.95. The molecule has 4 heteroatoms. The molecule has 0 radical (unpaired) electrons. The van der Waals surface area contributed by atoms with Gasteiger partial charge >= 0.3 is 0 Å². The van der Waals surface area contributed by atoms with Gasteiger partial charge in [-0.15, -0.1) is 11.8 Å². The molecule has 0 aliphatic carbocycles. The van der Waals surface area contributed by atoms with Crippen molar-refractivity contribution in [1.82, 2.24) is 5.32 Å². The van der Waals surface area contributed by atoms with E-state index in [0.717, 1.165) is 29.3 Å². The maximum atomic E-state index is 12.4. The Kier molecular flexibility index (Phi) is 5.12. The summed E-state index contributed by atoms with van der Waals surface area (Å²) in [6, 6.07) is 22.4. The summed E-state index contributed by atoms with van der Waals surface area (Å²) in [6.07, 6.45) is 2.03. The second-order valence-electron chi connectivity index (χ2n) is 6.43. The Labute approximate surface area is 157 Å². The molecule has 1 unspecified atom stereocenters. The normalized spacial score (nSPS) is 16.1. The van der Waals surface area contributed by atoms with Crippen LogP contribution in [0.3, 0.4) is 0 Å². The fourth-order valence-corrected chi connectivity index (χ4v) is 4.39. The Bertz CT molecular complexity index is 888. The topological polar surface area (TPSA) is 42.2 Å². The lowest BCUT2D eigenvalue weighted by Crippen LogP contribution is -2.30. The van der Waals surface area contributed by atoms with E-state index in [-0.39, 0.29) is 11.9 Å². The predicted octanol–water partition coefficient (Wildman–Crippen LogP) is 5.23. The number of rotatable bonds is 5. The highest BCUT2D eigenvalue weighted by molar-refractivity contribution is 7.99. The summed E-state index contributed by atoms with van der Waals surface area (Å²) >= 11 is 1.86. The first-order chi connectivity index (χ1) is 12.8. The molecule has 1 N–H and O–H groups in total. The minimum atomic E-state index is 0.0781. The number of nitrogens with one attached hydrogen (secondary N) is 1. The van der Waals surface area contributed by atoms with Crippen molar-refractivity contribution < 1.29 is 9.21 Å². The zero-order valence-corrected chi connectivity index (χ0v) is 15.3. The molecule has 0 bridgehead atoms. The zero-order chi connectivity index (χ0) is 17.8. The van der Waals surface area contributed by atoms with Gasteiger partial charge < -0.3 is 9.73 Å². The van der Waals surface area contributed by atoms with Gasteiger partial charge in [0.2, 0.25) is 5.91 Å². The standard InChI is InChI=1S/C22H21NO2S/c24-22(23-19-14-15-26-21-9-5-4-8-18(19)21)13-11-17-10-12-20(25-17)16-6-2-1-3-7-16/h1-10,12,19H,11,13-15H2,(H,23,24). The third-order valence-corrected chi connectivity index (χ3v) is 5.73. The molecule has 3 aromatic rings. The van der Waals surface area contributed by atoms with E-state index >= 15 is 0 Å². The summed E-state index contributed by atoms with van der Waals surface area (Å²) in [5, 5.41) is 3.19. The lowest BCUT2D eigenvalue weighted by Gasteiger charge is -2.25. The van der Waals surface area contributed by atoms with Crippen molar-refractivity contribution in [2.75, 3.05) is 5.75 Å². The van der Waals surface area contributed by atoms with Crippen molar-refractivity contribution in [3.05, 3.63) is 78.1 Å². The number of fused-ring (bicyclic) bond motifs is 1. The molecule has 1 aliphatic rings. The van der Waals surface area contributed by atoms with Gasteiger partial charge in [-0.05, 0) is 30.2 Å². The van der Waals surface area contributed by atoms with Crippen LogP contribution in [-0.4, -0.2) is 11.7 Å². The molecule has 0 saturated carbocycles. The third kappa shape index (κ3) is 3.86. The summed E-state index contributed by atoms with van der Waals surface area (Å²) in [7, 11) is 0. The van der Waals surface area contributed by atoms with Gasteiger partial charge in [0.1, 0.15) is 11.5 Å². The fraction of sp³-hybridized carbons (Fsp3) is 0.227. The smallest absolute Gasteiger partial charge is 0.220 e. The van der Waals surface area contributed by atoms with Crippen LogP contribution in [0.5, 0.6) is 0 Å². The Morgan fingerprint density at radius 3 is 2.73 bits per heavy atom. The molecule has 1 amide bonds. The van der Waals surface area contributed by atoms with Gasteiger partial charge in [0.25, 0.3) is 0 Å². The third-order valence-electron chi connectivity index (χ3n) is 4.61. The Morgan fingerprint density at radius 1 is 1.04 bits per heavy atom. The molecule has 0 spiro atoms. The molecule has 26 heavy (non-hydrogen) atoms. The van der Waals surface area contributed by atoms with Crippen molar-refractivity contribution >= 4 is 17.7 Å². The summed E-state index contributed by atoms with van der Waals surface area (Å²) in [5.41, 5.74) is 2.29. The second kappa shape index (κ2) is 7.83. The molecule has 1 atom stereocenters. The second-order valence-corrected chi connectivity index (χ2v) is 7.56. The lowest BCUT2D eigenvalue weighted by molar-refractivity contribution is -0.121. The van der Waals surface area contributed by atoms with E-state index in [0.29, 0.717) is 12.8 Å². The van der Waals surface area contributed by atoms with Gasteiger partial charge in [-0.25, -0.2) is 0 Å². The molecule has 4 rings (SSSR count). The molecular weight excluding hydrogens is 342 g/mol. The summed E-state index contributed by atoms with van der Waals surface area (Å²) < 4.78 is 5.88. The highest BCUT2D eigenvalue weighted by Gasteiger charge is 2.21. The van der Waals surface area contributed by atoms with Crippen LogP contribution < -0.4 is 5.32 Å². The highest BCUT2D eigenvalue weighted by atomic mass is 32.2. The number of carbonyl (C=O) groups is 1. The predicted molar refractivity (Wildman–Crippen MR) is 105 cm³/mol. The van der Waals surface area contributed by atoms with E-state index in [1.807, 2.05) is 60.3 Å². The minimum Gasteiger partial charge on any atom is -0.461 e. The van der Waals surface area contributed by atoms with Gasteiger partial charge in [0.15, 0.2) is 0 Å². The number of aryl methyl sites for hydroxylation is 1. The maximum Gasteiger partial charge on any atom is 0.220 e. The van der Waals surface area contributed by atoms with Crippen LogP contribution in [0.4, 0.5) is 0 Å². The number of hydrogen-bond acceptors (Lipinski definition) is 3. The molecule has 2 heterocycles. The summed E-state index contributed by atoms with van der Waals surface area (Å²) in [5.74, 6) is 2.81. The first-order valence-corrected chi connectivity index (χ1v) is 9.93. The Balaban J connectivity index is 1.35. The average molecular weight is 363 g/mol. The van der Waals surface area contributed by atoms with Gasteiger partial charge in [0, 0.05) is 29.1 Å². The molecule has 0 saturated heterocycles. The number of carbonyl (C=O) groups excluding carboxylic acids is 1. The monoisotopic (exact) mass is 363 g/mol. The van der Waals surface area contributed by atoms with E-state index in [1.165, 1.54) is 10.5 Å². The SMILES string of the molecule is O=C(CCc1ccc(-c2ccccc2)o1)NC1CCSc2ccccc21. The van der Waals surface area contributed by atoms with Crippen molar-refractivity contribution in [2.24, 2.45) is 0 Å². The summed E-state index contributed by atoms with van der Waals surface area (Å²) in [4.78, 5) is 13.7. The van der Waals surface area contributed by atoms with Crippen LogP contribution >= 0.6 is 11.8 Å². The van der Waals surface area contributed by atoms with Gasteiger partial charge in [-0.1, -0.05) is 48.5 Å². The van der Waals surface area contributed by atoms with Crippen molar-refractivity contribution in [3.63, 3.8) is 0 Å². The van der Waals surface area contributed by atoms with Gasteiger partial charge in [-0.2, -0.15) is 0 Å². The minimum absolute atomic E-state index is 0.0781. The van der Waals surface area contributed by atoms with Crippen molar-refractivity contribution in [3.8, 4) is 11.3 Å². The maximum absolute atomic E-state index is 12.4. The molecule has 2 aromatic carbocycles. The van der Waals surface area contributed by atoms with Crippen LogP contribution in [0.1, 0.15) is 30.2 Å². The number of thioether (sulfide) groups is 1. The highest BCUT2D eigenvalue weighted by Crippen LogP contribution is 2.35. The van der Waals surface area contributed by atoms with Crippen LogP contribution in [0.25, 0.3) is 11.3 Å². The Hall–Kier alpha value is -2.46. The number of furan rings is 1. The lowest BCUT2D eigenvalue weighted by atomic mass is 10.0. The van der Waals surface area contributed by atoms with E-state index in [2.05, 4.69) is 23.5 Å². The quantitative estimate of drug-likeness (QED) is 0.675. The summed E-state index contributed by atoms with van der Waals surface area (Å²) in [6.45, 7) is 0. The number of benzene rings is 2. The van der Waals surface area contributed by atoms with Crippen molar-refractivity contribution in [2.45, 2.75) is 30.2 Å². The first kappa shape index (κ1) is 17.0. The van der Waals surface area contributed by atoms with Gasteiger partial charge in [-0.3, -0.25) is 4.79 Å². The van der Waals surface area contributed by atoms with Crippen LogP contribution in [0.2, 0.25) is 0 Å². The molecule has 132 valence electrons. The fourth-order valence-electron chi connectivity index (χ4n) is 3.27. The zero-order valence-electron chi connectivity index (χ0n) is 14.5. The van der Waals surface area contributed by atoms with E-state index in [9.17, 15) is 4.79 Å². The average Bonchev–Trinajstić information content (AvgIpc) is 3.17.